The number of rotatable bonds is 4. The summed E-state index contributed by atoms with van der Waals surface area (Å²) in [7, 11) is 0. The zero-order valence-corrected chi connectivity index (χ0v) is 15.6. The molecule has 3 nitrogen and oxygen atoms in total. The summed E-state index contributed by atoms with van der Waals surface area (Å²) >= 11 is 1.52. The maximum Gasteiger partial charge on any atom is 0.234 e. The topological polar surface area (TPSA) is 42.0 Å². The lowest BCUT2D eigenvalue weighted by atomic mass is 9.86. The van der Waals surface area contributed by atoms with Crippen molar-refractivity contribution in [1.29, 1.82) is 0 Å². The third-order valence-corrected chi connectivity index (χ3v) is 5.01. The quantitative estimate of drug-likeness (QED) is 0.652. The lowest BCUT2D eigenvalue weighted by molar-refractivity contribution is -0.113. The van der Waals surface area contributed by atoms with Crippen molar-refractivity contribution in [3.63, 3.8) is 0 Å². The monoisotopic (exact) mass is 350 g/mol. The van der Waals surface area contributed by atoms with Crippen LogP contribution < -0.4 is 5.32 Å². The SMILES string of the molecule is CC(C)(C)c1ccccc1NC(=O)CSc1cccc2cccnc12. The molecule has 3 rings (SSSR count). The lowest BCUT2D eigenvalue weighted by Crippen LogP contribution is -2.19. The van der Waals surface area contributed by atoms with Gasteiger partial charge in [-0.25, -0.2) is 0 Å². The standard InChI is InChI=1S/C21H22N2OS/c1-21(2,3)16-10-4-5-11-17(16)23-19(24)14-25-18-12-6-8-15-9-7-13-22-20(15)18/h4-13H,14H2,1-3H3,(H,23,24). The number of nitrogens with one attached hydrogen (secondary N) is 1. The van der Waals surface area contributed by atoms with Crippen LogP contribution in [0.4, 0.5) is 5.69 Å². The van der Waals surface area contributed by atoms with Crippen molar-refractivity contribution in [1.82, 2.24) is 4.98 Å². The Labute approximate surface area is 152 Å². The minimum atomic E-state index is -0.0173. The van der Waals surface area contributed by atoms with E-state index in [0.29, 0.717) is 5.75 Å². The highest BCUT2D eigenvalue weighted by Gasteiger charge is 2.18. The van der Waals surface area contributed by atoms with Gasteiger partial charge in [0.25, 0.3) is 0 Å². The minimum Gasteiger partial charge on any atom is -0.325 e. The first-order valence-corrected chi connectivity index (χ1v) is 9.29. The van der Waals surface area contributed by atoms with E-state index in [9.17, 15) is 4.79 Å². The van der Waals surface area contributed by atoms with E-state index in [-0.39, 0.29) is 11.3 Å². The van der Waals surface area contributed by atoms with Gasteiger partial charge >= 0.3 is 0 Å². The van der Waals surface area contributed by atoms with E-state index in [1.807, 2.05) is 48.5 Å². The third kappa shape index (κ3) is 4.20. The van der Waals surface area contributed by atoms with Crippen LogP contribution >= 0.6 is 11.8 Å². The number of hydrogen-bond donors (Lipinski definition) is 1. The molecule has 0 spiro atoms. The number of anilines is 1. The summed E-state index contributed by atoms with van der Waals surface area (Å²) in [5.74, 6) is 0.350. The molecule has 0 aliphatic carbocycles. The second kappa shape index (κ2) is 7.28. The Morgan fingerprint density at radius 1 is 1.04 bits per heavy atom. The molecule has 0 saturated heterocycles. The second-order valence-electron chi connectivity index (χ2n) is 6.96. The van der Waals surface area contributed by atoms with Gasteiger partial charge in [-0.05, 0) is 29.2 Å². The highest BCUT2D eigenvalue weighted by atomic mass is 32.2. The molecule has 0 bridgehead atoms. The van der Waals surface area contributed by atoms with Gasteiger partial charge < -0.3 is 5.32 Å². The predicted molar refractivity (Wildman–Crippen MR) is 106 cm³/mol. The van der Waals surface area contributed by atoms with Gasteiger partial charge in [-0.2, -0.15) is 0 Å². The molecule has 0 aliphatic heterocycles. The molecule has 0 atom stereocenters. The summed E-state index contributed by atoms with van der Waals surface area (Å²) in [6, 6.07) is 18.0. The summed E-state index contributed by atoms with van der Waals surface area (Å²) < 4.78 is 0. The number of carbonyl (C=O) groups is 1. The molecular weight excluding hydrogens is 328 g/mol. The van der Waals surface area contributed by atoms with Crippen molar-refractivity contribution in [2.75, 3.05) is 11.1 Å². The maximum atomic E-state index is 12.4. The zero-order valence-electron chi connectivity index (χ0n) is 14.7. The van der Waals surface area contributed by atoms with Crippen LogP contribution in [0.5, 0.6) is 0 Å². The first kappa shape index (κ1) is 17.5. The largest absolute Gasteiger partial charge is 0.325 e. The summed E-state index contributed by atoms with van der Waals surface area (Å²) in [6.45, 7) is 6.44. The van der Waals surface area contributed by atoms with Gasteiger partial charge in [0.15, 0.2) is 0 Å². The number of aromatic nitrogens is 1. The molecule has 0 fully saturated rings. The van der Waals surface area contributed by atoms with Crippen molar-refractivity contribution in [2.24, 2.45) is 0 Å². The van der Waals surface area contributed by atoms with Crippen molar-refractivity contribution in [3.05, 3.63) is 66.4 Å². The summed E-state index contributed by atoms with van der Waals surface area (Å²) in [5, 5.41) is 4.14. The van der Waals surface area contributed by atoms with E-state index < -0.39 is 0 Å². The Morgan fingerprint density at radius 2 is 1.80 bits per heavy atom. The molecule has 1 aromatic heterocycles. The summed E-state index contributed by atoms with van der Waals surface area (Å²) in [5.41, 5.74) is 2.95. The number of benzene rings is 2. The number of carbonyl (C=O) groups excluding carboxylic acids is 1. The molecule has 0 unspecified atom stereocenters. The average molecular weight is 350 g/mol. The molecule has 1 amide bonds. The van der Waals surface area contributed by atoms with Crippen LogP contribution in [0.2, 0.25) is 0 Å². The Hall–Kier alpha value is -2.33. The third-order valence-electron chi connectivity index (χ3n) is 3.96. The number of pyridine rings is 1. The number of hydrogen-bond acceptors (Lipinski definition) is 3. The van der Waals surface area contributed by atoms with E-state index in [0.717, 1.165) is 27.0 Å². The van der Waals surface area contributed by atoms with Gasteiger partial charge in [-0.3, -0.25) is 9.78 Å². The van der Waals surface area contributed by atoms with Crippen molar-refractivity contribution < 1.29 is 4.79 Å². The molecular formula is C21H22N2OS. The van der Waals surface area contributed by atoms with Crippen LogP contribution in [0.25, 0.3) is 10.9 Å². The van der Waals surface area contributed by atoms with Crippen LogP contribution in [0.3, 0.4) is 0 Å². The molecule has 2 aromatic carbocycles. The molecule has 1 heterocycles. The minimum absolute atomic E-state index is 0.00497. The first-order valence-electron chi connectivity index (χ1n) is 8.31. The molecule has 25 heavy (non-hydrogen) atoms. The Kier molecular flexibility index (Phi) is 5.09. The van der Waals surface area contributed by atoms with Gasteiger partial charge in [0.05, 0.1) is 11.3 Å². The molecule has 3 aromatic rings. The summed E-state index contributed by atoms with van der Waals surface area (Å²) in [4.78, 5) is 17.9. The highest BCUT2D eigenvalue weighted by Crippen LogP contribution is 2.30. The molecule has 1 N–H and O–H groups in total. The normalized spacial score (nSPS) is 11.5. The Morgan fingerprint density at radius 3 is 2.60 bits per heavy atom. The maximum absolute atomic E-state index is 12.4. The van der Waals surface area contributed by atoms with Gasteiger partial charge in [-0.15, -0.1) is 11.8 Å². The van der Waals surface area contributed by atoms with Gasteiger partial charge in [0.1, 0.15) is 0 Å². The number of thioether (sulfide) groups is 1. The molecule has 0 radical (unpaired) electrons. The predicted octanol–water partition coefficient (Wildman–Crippen LogP) is 5.26. The van der Waals surface area contributed by atoms with Crippen LogP contribution in [0, 0.1) is 0 Å². The van der Waals surface area contributed by atoms with Crippen LogP contribution in [0.15, 0.2) is 65.7 Å². The van der Waals surface area contributed by atoms with Crippen LogP contribution in [-0.4, -0.2) is 16.6 Å². The van der Waals surface area contributed by atoms with Crippen LogP contribution in [0.1, 0.15) is 26.3 Å². The Balaban J connectivity index is 1.72. The fourth-order valence-electron chi connectivity index (χ4n) is 2.77. The molecule has 0 saturated carbocycles. The highest BCUT2D eigenvalue weighted by molar-refractivity contribution is 8.00. The smallest absolute Gasteiger partial charge is 0.234 e. The van der Waals surface area contributed by atoms with E-state index in [1.165, 1.54) is 11.8 Å². The van der Waals surface area contributed by atoms with E-state index in [2.05, 4.69) is 37.1 Å². The fraction of sp³-hybridized carbons (Fsp3) is 0.238. The molecule has 128 valence electrons. The van der Waals surface area contributed by atoms with Crippen molar-refractivity contribution in [3.8, 4) is 0 Å². The van der Waals surface area contributed by atoms with E-state index in [4.69, 9.17) is 0 Å². The average Bonchev–Trinajstić information content (AvgIpc) is 2.59. The van der Waals surface area contributed by atoms with E-state index in [1.54, 1.807) is 6.20 Å². The zero-order chi connectivity index (χ0) is 17.9. The Bertz CT molecular complexity index is 894. The van der Waals surface area contributed by atoms with Gasteiger partial charge in [0, 0.05) is 22.2 Å². The summed E-state index contributed by atoms with van der Waals surface area (Å²) in [6.07, 6.45) is 1.78. The molecule has 4 heteroatoms. The van der Waals surface area contributed by atoms with Crippen LogP contribution in [-0.2, 0) is 10.2 Å². The number of nitrogens with zero attached hydrogens (tertiary/aromatic N) is 1. The number of amides is 1. The van der Waals surface area contributed by atoms with Crippen molar-refractivity contribution in [2.45, 2.75) is 31.1 Å². The number of para-hydroxylation sites is 2. The second-order valence-corrected chi connectivity index (χ2v) is 7.98. The first-order chi connectivity index (χ1) is 11.9. The van der Waals surface area contributed by atoms with E-state index >= 15 is 0 Å². The van der Waals surface area contributed by atoms with Gasteiger partial charge in [0.2, 0.25) is 5.91 Å². The fourth-order valence-corrected chi connectivity index (χ4v) is 3.61. The lowest BCUT2D eigenvalue weighted by Gasteiger charge is -2.23. The number of fused-ring (bicyclic) bond motifs is 1. The van der Waals surface area contributed by atoms with Gasteiger partial charge in [-0.1, -0.05) is 57.2 Å². The van der Waals surface area contributed by atoms with Crippen molar-refractivity contribution >= 4 is 34.3 Å². The molecule has 0 aliphatic rings.